The fourth-order valence-electron chi connectivity index (χ4n) is 1.93. The highest BCUT2D eigenvalue weighted by atomic mass is 16.3. The quantitative estimate of drug-likeness (QED) is 0.882. The third-order valence-electron chi connectivity index (χ3n) is 2.79. The summed E-state index contributed by atoms with van der Waals surface area (Å²) >= 11 is 0. The molecule has 0 saturated heterocycles. The van der Waals surface area contributed by atoms with Gasteiger partial charge >= 0.3 is 0 Å². The summed E-state index contributed by atoms with van der Waals surface area (Å²) in [6.45, 7) is 5.73. The standard InChI is InChI=1S/C13H17N3O/c1-4-13(17)11-7-5-6-8-12(11)16-10(3)14-9(2)15-16/h5-8,13,17H,4H2,1-3H3/t13-/m0/s1. The molecule has 0 bridgehead atoms. The molecule has 0 aliphatic carbocycles. The molecule has 0 fully saturated rings. The van der Waals surface area contributed by atoms with Gasteiger partial charge in [0.25, 0.3) is 0 Å². The zero-order valence-corrected chi connectivity index (χ0v) is 10.4. The van der Waals surface area contributed by atoms with Gasteiger partial charge in [-0.15, -0.1) is 0 Å². The maximum Gasteiger partial charge on any atom is 0.148 e. The van der Waals surface area contributed by atoms with Gasteiger partial charge in [-0.1, -0.05) is 25.1 Å². The van der Waals surface area contributed by atoms with Crippen molar-refractivity contribution in [2.75, 3.05) is 0 Å². The Morgan fingerprint density at radius 1 is 1.29 bits per heavy atom. The van der Waals surface area contributed by atoms with E-state index in [1.165, 1.54) is 0 Å². The molecule has 0 aliphatic heterocycles. The molecule has 17 heavy (non-hydrogen) atoms. The van der Waals surface area contributed by atoms with Gasteiger partial charge in [0.05, 0.1) is 11.8 Å². The average molecular weight is 231 g/mol. The second-order valence-electron chi connectivity index (χ2n) is 4.10. The molecule has 0 radical (unpaired) electrons. The topological polar surface area (TPSA) is 50.9 Å². The van der Waals surface area contributed by atoms with E-state index in [1.54, 1.807) is 4.68 Å². The van der Waals surface area contributed by atoms with Crippen LogP contribution in [0, 0.1) is 13.8 Å². The Labute approximate surface area is 101 Å². The van der Waals surface area contributed by atoms with Crippen molar-refractivity contribution in [3.63, 3.8) is 0 Å². The van der Waals surface area contributed by atoms with Crippen molar-refractivity contribution in [2.24, 2.45) is 0 Å². The fraction of sp³-hybridized carbons (Fsp3) is 0.385. The number of aromatic nitrogens is 3. The summed E-state index contributed by atoms with van der Waals surface area (Å²) in [4.78, 5) is 4.28. The zero-order valence-electron chi connectivity index (χ0n) is 10.4. The van der Waals surface area contributed by atoms with Crippen molar-refractivity contribution in [3.05, 3.63) is 41.5 Å². The van der Waals surface area contributed by atoms with E-state index in [2.05, 4.69) is 10.1 Å². The first kappa shape index (κ1) is 11.8. The highest BCUT2D eigenvalue weighted by molar-refractivity contribution is 5.42. The van der Waals surface area contributed by atoms with Gasteiger partial charge in [-0.2, -0.15) is 5.10 Å². The minimum atomic E-state index is -0.463. The molecule has 1 atom stereocenters. The minimum Gasteiger partial charge on any atom is -0.388 e. The van der Waals surface area contributed by atoms with Gasteiger partial charge in [0.15, 0.2) is 0 Å². The van der Waals surface area contributed by atoms with Crippen LogP contribution in [0.15, 0.2) is 24.3 Å². The van der Waals surface area contributed by atoms with E-state index in [-0.39, 0.29) is 0 Å². The molecular formula is C13H17N3O. The maximum absolute atomic E-state index is 10.0. The lowest BCUT2D eigenvalue weighted by atomic mass is 10.1. The monoisotopic (exact) mass is 231 g/mol. The largest absolute Gasteiger partial charge is 0.388 e. The van der Waals surface area contributed by atoms with Gasteiger partial charge in [0.2, 0.25) is 0 Å². The lowest BCUT2D eigenvalue weighted by Gasteiger charge is -2.14. The summed E-state index contributed by atoms with van der Waals surface area (Å²) in [7, 11) is 0. The molecule has 1 aromatic carbocycles. The zero-order chi connectivity index (χ0) is 12.4. The highest BCUT2D eigenvalue weighted by Crippen LogP contribution is 2.24. The number of aliphatic hydroxyl groups excluding tert-OH is 1. The van der Waals surface area contributed by atoms with E-state index in [0.717, 1.165) is 22.9 Å². The lowest BCUT2D eigenvalue weighted by Crippen LogP contribution is -2.06. The molecular weight excluding hydrogens is 214 g/mol. The molecule has 0 amide bonds. The Balaban J connectivity index is 2.55. The molecule has 1 N–H and O–H groups in total. The van der Waals surface area contributed by atoms with Gasteiger partial charge in [0, 0.05) is 5.56 Å². The predicted octanol–water partition coefficient (Wildman–Crippen LogP) is 2.33. The highest BCUT2D eigenvalue weighted by Gasteiger charge is 2.14. The molecule has 90 valence electrons. The number of hydrogen-bond acceptors (Lipinski definition) is 3. The molecule has 0 aliphatic rings. The second kappa shape index (κ2) is 4.67. The van der Waals surface area contributed by atoms with E-state index >= 15 is 0 Å². The molecule has 2 aromatic rings. The first-order valence-electron chi connectivity index (χ1n) is 5.81. The summed E-state index contributed by atoms with van der Waals surface area (Å²) in [5.74, 6) is 1.57. The number of para-hydroxylation sites is 1. The van der Waals surface area contributed by atoms with Crippen LogP contribution in [0.5, 0.6) is 0 Å². The first-order valence-corrected chi connectivity index (χ1v) is 5.81. The second-order valence-corrected chi connectivity index (χ2v) is 4.10. The molecule has 4 nitrogen and oxygen atoms in total. The predicted molar refractivity (Wildman–Crippen MR) is 66.1 cm³/mol. The summed E-state index contributed by atoms with van der Waals surface area (Å²) < 4.78 is 1.78. The summed E-state index contributed by atoms with van der Waals surface area (Å²) in [6, 6.07) is 7.75. The van der Waals surface area contributed by atoms with Gasteiger partial charge < -0.3 is 5.11 Å². The molecule has 0 unspecified atom stereocenters. The van der Waals surface area contributed by atoms with Crippen molar-refractivity contribution in [1.29, 1.82) is 0 Å². The molecule has 1 heterocycles. The number of aryl methyl sites for hydroxylation is 2. The third kappa shape index (κ3) is 2.22. The molecule has 1 aromatic heterocycles. The maximum atomic E-state index is 10.0. The lowest BCUT2D eigenvalue weighted by molar-refractivity contribution is 0.173. The number of aliphatic hydroxyl groups is 1. The first-order chi connectivity index (χ1) is 8.13. The molecule has 0 saturated carbocycles. The Morgan fingerprint density at radius 2 is 2.00 bits per heavy atom. The van der Waals surface area contributed by atoms with E-state index in [9.17, 15) is 5.11 Å². The van der Waals surface area contributed by atoms with E-state index in [4.69, 9.17) is 0 Å². The number of rotatable bonds is 3. The minimum absolute atomic E-state index is 0.463. The molecule has 0 spiro atoms. The molecule has 4 heteroatoms. The number of nitrogens with zero attached hydrogens (tertiary/aromatic N) is 3. The average Bonchev–Trinajstić information content (AvgIpc) is 2.67. The van der Waals surface area contributed by atoms with Crippen molar-refractivity contribution >= 4 is 0 Å². The van der Waals surface area contributed by atoms with Crippen LogP contribution in [-0.2, 0) is 0 Å². The summed E-state index contributed by atoms with van der Waals surface area (Å²) in [5, 5.41) is 14.4. The van der Waals surface area contributed by atoms with Crippen LogP contribution in [0.2, 0.25) is 0 Å². The van der Waals surface area contributed by atoms with Crippen molar-refractivity contribution in [3.8, 4) is 5.69 Å². The van der Waals surface area contributed by atoms with Crippen LogP contribution < -0.4 is 0 Å². The van der Waals surface area contributed by atoms with Gasteiger partial charge in [-0.3, -0.25) is 0 Å². The smallest absolute Gasteiger partial charge is 0.148 e. The number of benzene rings is 1. The van der Waals surface area contributed by atoms with Crippen LogP contribution in [0.4, 0.5) is 0 Å². The fourth-order valence-corrected chi connectivity index (χ4v) is 1.93. The van der Waals surface area contributed by atoms with Gasteiger partial charge in [-0.25, -0.2) is 9.67 Å². The van der Waals surface area contributed by atoms with Crippen LogP contribution in [0.1, 0.15) is 36.7 Å². The Hall–Kier alpha value is -1.68. The Morgan fingerprint density at radius 3 is 2.59 bits per heavy atom. The van der Waals surface area contributed by atoms with E-state index in [1.807, 2.05) is 45.0 Å². The van der Waals surface area contributed by atoms with Crippen molar-refractivity contribution < 1.29 is 5.11 Å². The van der Waals surface area contributed by atoms with Crippen LogP contribution in [0.25, 0.3) is 5.69 Å². The Bertz CT molecular complexity index is 519. The SMILES string of the molecule is CC[C@H](O)c1ccccc1-n1nc(C)nc1C. The van der Waals surface area contributed by atoms with Crippen LogP contribution in [-0.4, -0.2) is 19.9 Å². The third-order valence-corrected chi connectivity index (χ3v) is 2.79. The normalized spacial score (nSPS) is 12.7. The molecule has 2 rings (SSSR count). The van der Waals surface area contributed by atoms with Crippen molar-refractivity contribution in [2.45, 2.75) is 33.3 Å². The van der Waals surface area contributed by atoms with Gasteiger partial charge in [0.1, 0.15) is 11.6 Å². The van der Waals surface area contributed by atoms with Crippen LogP contribution in [0.3, 0.4) is 0 Å². The van der Waals surface area contributed by atoms with Crippen LogP contribution >= 0.6 is 0 Å². The van der Waals surface area contributed by atoms with E-state index < -0.39 is 6.10 Å². The van der Waals surface area contributed by atoms with E-state index in [0.29, 0.717) is 6.42 Å². The van der Waals surface area contributed by atoms with Gasteiger partial charge in [-0.05, 0) is 26.3 Å². The summed E-state index contributed by atoms with van der Waals surface area (Å²) in [6.07, 6.45) is 0.221. The Kier molecular flexibility index (Phi) is 3.24. The summed E-state index contributed by atoms with van der Waals surface area (Å²) in [5.41, 5.74) is 1.79. The number of hydrogen-bond donors (Lipinski definition) is 1. The van der Waals surface area contributed by atoms with Crippen molar-refractivity contribution in [1.82, 2.24) is 14.8 Å².